The highest BCUT2D eigenvalue weighted by Crippen LogP contribution is 2.17. The minimum Gasteiger partial charge on any atom is -0.361 e. The number of para-hydroxylation sites is 1. The van der Waals surface area contributed by atoms with Crippen LogP contribution in [0.4, 0.5) is 5.69 Å². The van der Waals surface area contributed by atoms with E-state index in [1.54, 1.807) is 6.07 Å². The lowest BCUT2D eigenvalue weighted by Crippen LogP contribution is -2.42. The predicted molar refractivity (Wildman–Crippen MR) is 89.0 cm³/mol. The molecule has 7 nitrogen and oxygen atoms in total. The monoisotopic (exact) mass is 324 g/mol. The van der Waals surface area contributed by atoms with E-state index in [0.717, 1.165) is 19.6 Å². The number of carbonyl (C=O) groups excluding carboxylic acids is 1. The SMILES string of the molecule is CCN(CC)CCNC(=S)NC(=O)c1ccccc1[N+](=O)[O-]. The van der Waals surface area contributed by atoms with Crippen molar-refractivity contribution in [3.63, 3.8) is 0 Å². The third kappa shape index (κ3) is 5.38. The Bertz CT molecular complexity index is 547. The summed E-state index contributed by atoms with van der Waals surface area (Å²) in [5.41, 5.74) is -0.258. The molecular formula is C14H20N4O3S. The van der Waals surface area contributed by atoms with Crippen LogP contribution in [0.15, 0.2) is 24.3 Å². The lowest BCUT2D eigenvalue weighted by molar-refractivity contribution is -0.385. The predicted octanol–water partition coefficient (Wildman–Crippen LogP) is 1.54. The molecule has 0 bridgehead atoms. The highest BCUT2D eigenvalue weighted by molar-refractivity contribution is 7.80. The number of benzene rings is 1. The molecule has 0 aliphatic carbocycles. The van der Waals surface area contributed by atoms with Crippen LogP contribution in [0.2, 0.25) is 0 Å². The number of amides is 1. The average Bonchev–Trinajstić information content (AvgIpc) is 2.51. The Labute approximate surface area is 134 Å². The van der Waals surface area contributed by atoms with E-state index in [9.17, 15) is 14.9 Å². The van der Waals surface area contributed by atoms with Crippen molar-refractivity contribution in [2.75, 3.05) is 26.2 Å². The number of hydrogen-bond acceptors (Lipinski definition) is 5. The van der Waals surface area contributed by atoms with Gasteiger partial charge >= 0.3 is 0 Å². The molecule has 0 radical (unpaired) electrons. The summed E-state index contributed by atoms with van der Waals surface area (Å²) >= 11 is 5.03. The summed E-state index contributed by atoms with van der Waals surface area (Å²) in [6.07, 6.45) is 0. The molecule has 1 aromatic rings. The minimum atomic E-state index is -0.592. The molecule has 1 rings (SSSR count). The summed E-state index contributed by atoms with van der Waals surface area (Å²) in [6, 6.07) is 5.76. The highest BCUT2D eigenvalue weighted by atomic mass is 32.1. The van der Waals surface area contributed by atoms with Crippen LogP contribution in [0.1, 0.15) is 24.2 Å². The summed E-state index contributed by atoms with van der Waals surface area (Å²) < 4.78 is 0. The fourth-order valence-corrected chi connectivity index (χ4v) is 2.10. The van der Waals surface area contributed by atoms with Gasteiger partial charge < -0.3 is 10.2 Å². The van der Waals surface area contributed by atoms with Crippen LogP contribution >= 0.6 is 12.2 Å². The number of nitrogens with one attached hydrogen (secondary N) is 2. The average molecular weight is 324 g/mol. The van der Waals surface area contributed by atoms with Gasteiger partial charge in [-0.25, -0.2) is 0 Å². The van der Waals surface area contributed by atoms with Gasteiger partial charge in [-0.05, 0) is 31.4 Å². The molecule has 0 aliphatic heterocycles. The van der Waals surface area contributed by atoms with E-state index >= 15 is 0 Å². The lowest BCUT2D eigenvalue weighted by Gasteiger charge is -2.18. The van der Waals surface area contributed by atoms with Crippen molar-refractivity contribution >= 4 is 28.9 Å². The fraction of sp³-hybridized carbons (Fsp3) is 0.429. The Morgan fingerprint density at radius 2 is 1.95 bits per heavy atom. The van der Waals surface area contributed by atoms with Crippen molar-refractivity contribution in [3.8, 4) is 0 Å². The first-order valence-corrected chi connectivity index (χ1v) is 7.45. The molecule has 0 unspecified atom stereocenters. The van der Waals surface area contributed by atoms with Crippen molar-refractivity contribution in [2.24, 2.45) is 0 Å². The molecule has 1 amide bonds. The van der Waals surface area contributed by atoms with Crippen LogP contribution < -0.4 is 10.6 Å². The fourth-order valence-electron chi connectivity index (χ4n) is 1.91. The van der Waals surface area contributed by atoms with Gasteiger partial charge in [0.15, 0.2) is 5.11 Å². The molecule has 0 atom stereocenters. The number of nitro groups is 1. The van der Waals surface area contributed by atoms with E-state index in [4.69, 9.17) is 12.2 Å². The van der Waals surface area contributed by atoms with Gasteiger partial charge in [0.25, 0.3) is 11.6 Å². The van der Waals surface area contributed by atoms with Crippen molar-refractivity contribution in [1.82, 2.24) is 15.5 Å². The van der Waals surface area contributed by atoms with Gasteiger partial charge in [-0.15, -0.1) is 0 Å². The topological polar surface area (TPSA) is 87.5 Å². The van der Waals surface area contributed by atoms with Crippen LogP contribution in [0, 0.1) is 10.1 Å². The number of rotatable bonds is 7. The molecule has 0 aromatic heterocycles. The Morgan fingerprint density at radius 1 is 1.32 bits per heavy atom. The maximum atomic E-state index is 12.0. The molecule has 120 valence electrons. The third-order valence-corrected chi connectivity index (χ3v) is 3.43. The Kier molecular flexibility index (Phi) is 7.41. The Balaban J connectivity index is 2.55. The zero-order chi connectivity index (χ0) is 16.5. The molecule has 0 heterocycles. The maximum Gasteiger partial charge on any atom is 0.282 e. The second-order valence-electron chi connectivity index (χ2n) is 4.51. The second-order valence-corrected chi connectivity index (χ2v) is 4.92. The van der Waals surface area contributed by atoms with Crippen molar-refractivity contribution in [1.29, 1.82) is 0 Å². The van der Waals surface area contributed by atoms with E-state index < -0.39 is 10.8 Å². The van der Waals surface area contributed by atoms with E-state index in [0.29, 0.717) is 6.54 Å². The minimum absolute atomic E-state index is 0.0135. The normalized spacial score (nSPS) is 10.3. The number of nitro benzene ring substituents is 1. The Morgan fingerprint density at radius 3 is 2.55 bits per heavy atom. The van der Waals surface area contributed by atoms with Crippen molar-refractivity contribution < 1.29 is 9.72 Å². The Hall–Kier alpha value is -2.06. The van der Waals surface area contributed by atoms with E-state index in [1.807, 2.05) is 0 Å². The van der Waals surface area contributed by atoms with Gasteiger partial charge in [0.2, 0.25) is 0 Å². The van der Waals surface area contributed by atoms with Crippen LogP contribution in [0.5, 0.6) is 0 Å². The summed E-state index contributed by atoms with van der Waals surface area (Å²) in [4.78, 5) is 24.5. The number of thiocarbonyl (C=S) groups is 1. The molecule has 22 heavy (non-hydrogen) atoms. The molecule has 0 saturated carbocycles. The molecule has 2 N–H and O–H groups in total. The van der Waals surface area contributed by atoms with Crippen molar-refractivity contribution in [2.45, 2.75) is 13.8 Å². The van der Waals surface area contributed by atoms with Gasteiger partial charge in [0.05, 0.1) is 4.92 Å². The van der Waals surface area contributed by atoms with Gasteiger partial charge in [0.1, 0.15) is 5.56 Å². The quantitative estimate of drug-likeness (QED) is 0.449. The van der Waals surface area contributed by atoms with Gasteiger partial charge in [-0.1, -0.05) is 26.0 Å². The van der Waals surface area contributed by atoms with E-state index in [1.165, 1.54) is 18.2 Å². The second kappa shape index (κ2) is 9.06. The first-order chi connectivity index (χ1) is 10.5. The van der Waals surface area contributed by atoms with Gasteiger partial charge in [-0.3, -0.25) is 20.2 Å². The summed E-state index contributed by atoms with van der Waals surface area (Å²) in [6.45, 7) is 7.41. The van der Waals surface area contributed by atoms with Crippen LogP contribution in [-0.4, -0.2) is 47.0 Å². The molecule has 0 fully saturated rings. The van der Waals surface area contributed by atoms with Gasteiger partial charge in [-0.2, -0.15) is 0 Å². The lowest BCUT2D eigenvalue weighted by atomic mass is 10.1. The largest absolute Gasteiger partial charge is 0.361 e. The molecule has 0 spiro atoms. The number of hydrogen-bond donors (Lipinski definition) is 2. The zero-order valence-corrected chi connectivity index (χ0v) is 13.5. The number of carbonyl (C=O) groups is 1. The number of likely N-dealkylation sites (N-methyl/N-ethyl adjacent to an activating group) is 1. The maximum absolute atomic E-state index is 12.0. The molecule has 0 aliphatic rings. The molecule has 0 saturated heterocycles. The van der Waals surface area contributed by atoms with E-state index in [-0.39, 0.29) is 16.4 Å². The zero-order valence-electron chi connectivity index (χ0n) is 12.7. The molecule has 1 aromatic carbocycles. The van der Waals surface area contributed by atoms with Crippen LogP contribution in [0.25, 0.3) is 0 Å². The first kappa shape index (κ1) is 18.0. The standard InChI is InChI=1S/C14H20N4O3S/c1-3-17(4-2)10-9-15-14(22)16-13(19)11-7-5-6-8-12(11)18(20)21/h5-8H,3-4,9-10H2,1-2H3,(H2,15,16,19,22). The highest BCUT2D eigenvalue weighted by Gasteiger charge is 2.19. The summed E-state index contributed by atoms with van der Waals surface area (Å²) in [5, 5.41) is 16.4. The molecular weight excluding hydrogens is 304 g/mol. The van der Waals surface area contributed by atoms with Crippen LogP contribution in [-0.2, 0) is 0 Å². The third-order valence-electron chi connectivity index (χ3n) is 3.18. The van der Waals surface area contributed by atoms with Crippen molar-refractivity contribution in [3.05, 3.63) is 39.9 Å². The first-order valence-electron chi connectivity index (χ1n) is 7.04. The van der Waals surface area contributed by atoms with E-state index in [2.05, 4.69) is 29.4 Å². The number of nitrogens with zero attached hydrogens (tertiary/aromatic N) is 2. The molecule has 8 heteroatoms. The summed E-state index contributed by atoms with van der Waals surface area (Å²) in [5.74, 6) is -0.590. The smallest absolute Gasteiger partial charge is 0.282 e. The van der Waals surface area contributed by atoms with Crippen LogP contribution in [0.3, 0.4) is 0 Å². The van der Waals surface area contributed by atoms with Gasteiger partial charge in [0, 0.05) is 19.2 Å². The summed E-state index contributed by atoms with van der Waals surface area (Å²) in [7, 11) is 0.